The highest BCUT2D eigenvalue weighted by molar-refractivity contribution is 6.21. The van der Waals surface area contributed by atoms with Crippen molar-refractivity contribution in [2.75, 3.05) is 0 Å². The lowest BCUT2D eigenvalue weighted by molar-refractivity contribution is -0.130. The van der Waals surface area contributed by atoms with Crippen LogP contribution in [0.3, 0.4) is 0 Å². The first-order valence-corrected chi connectivity index (χ1v) is 6.08. The van der Waals surface area contributed by atoms with Crippen molar-refractivity contribution < 1.29 is 14.7 Å². The van der Waals surface area contributed by atoms with Crippen LogP contribution in [0.1, 0.15) is 18.9 Å². The van der Waals surface area contributed by atoms with Crippen molar-refractivity contribution in [3.8, 4) is 0 Å². The molecule has 0 saturated heterocycles. The lowest BCUT2D eigenvalue weighted by atomic mass is 9.92. The predicted molar refractivity (Wildman–Crippen MR) is 68.0 cm³/mol. The molecule has 2 atom stereocenters. The molecule has 0 spiro atoms. The SMILES string of the molecule is CC1=CC(=O)C(C(O)CCc2ccccc2)C1=O. The molecule has 1 N–H and O–H groups in total. The van der Waals surface area contributed by atoms with Gasteiger partial charge in [0.2, 0.25) is 0 Å². The third kappa shape index (κ3) is 2.57. The molecule has 3 heteroatoms. The monoisotopic (exact) mass is 244 g/mol. The van der Waals surface area contributed by atoms with Gasteiger partial charge in [-0.05, 0) is 37.0 Å². The molecule has 18 heavy (non-hydrogen) atoms. The van der Waals surface area contributed by atoms with E-state index in [4.69, 9.17) is 0 Å². The number of allylic oxidation sites excluding steroid dienone is 2. The summed E-state index contributed by atoms with van der Waals surface area (Å²) in [7, 11) is 0. The number of aliphatic hydroxyl groups excluding tert-OH is 1. The molecule has 0 fully saturated rings. The number of carbonyl (C=O) groups is 2. The zero-order valence-corrected chi connectivity index (χ0v) is 10.3. The number of ketones is 2. The van der Waals surface area contributed by atoms with E-state index in [1.54, 1.807) is 6.92 Å². The summed E-state index contributed by atoms with van der Waals surface area (Å²) in [6, 6.07) is 9.72. The highest BCUT2D eigenvalue weighted by Crippen LogP contribution is 2.23. The number of Topliss-reactive ketones (excluding diaryl/α,β-unsaturated/α-hetero) is 1. The molecule has 1 aromatic rings. The average molecular weight is 244 g/mol. The molecule has 0 aromatic heterocycles. The molecule has 0 aliphatic heterocycles. The van der Waals surface area contributed by atoms with E-state index in [1.165, 1.54) is 6.08 Å². The van der Waals surface area contributed by atoms with Gasteiger partial charge in [0.25, 0.3) is 0 Å². The van der Waals surface area contributed by atoms with Gasteiger partial charge in [0, 0.05) is 0 Å². The number of aliphatic hydroxyl groups is 1. The zero-order chi connectivity index (χ0) is 13.1. The van der Waals surface area contributed by atoms with Gasteiger partial charge in [0.05, 0.1) is 6.10 Å². The summed E-state index contributed by atoms with van der Waals surface area (Å²) in [5.74, 6) is -1.38. The summed E-state index contributed by atoms with van der Waals surface area (Å²) >= 11 is 0. The van der Waals surface area contributed by atoms with E-state index < -0.39 is 12.0 Å². The number of carbonyl (C=O) groups excluding carboxylic acids is 2. The van der Waals surface area contributed by atoms with E-state index in [9.17, 15) is 14.7 Å². The van der Waals surface area contributed by atoms with E-state index >= 15 is 0 Å². The molecule has 0 radical (unpaired) electrons. The van der Waals surface area contributed by atoms with Crippen LogP contribution < -0.4 is 0 Å². The molecule has 1 aliphatic rings. The van der Waals surface area contributed by atoms with Crippen LogP contribution in [0.2, 0.25) is 0 Å². The van der Waals surface area contributed by atoms with Crippen LogP contribution in [0.25, 0.3) is 0 Å². The molecule has 0 heterocycles. The van der Waals surface area contributed by atoms with Gasteiger partial charge in [-0.15, -0.1) is 0 Å². The van der Waals surface area contributed by atoms with E-state index in [1.807, 2.05) is 30.3 Å². The molecule has 1 aliphatic carbocycles. The molecule has 94 valence electrons. The molecule has 2 unspecified atom stereocenters. The molecule has 0 bridgehead atoms. The minimum absolute atomic E-state index is 0.236. The van der Waals surface area contributed by atoms with Crippen LogP contribution >= 0.6 is 0 Å². The first kappa shape index (κ1) is 12.7. The fraction of sp³-hybridized carbons (Fsp3) is 0.333. The summed E-state index contributed by atoms with van der Waals surface area (Å²) < 4.78 is 0. The Balaban J connectivity index is 1.95. The van der Waals surface area contributed by atoms with Crippen LogP contribution in [-0.2, 0) is 16.0 Å². The highest BCUT2D eigenvalue weighted by atomic mass is 16.3. The smallest absolute Gasteiger partial charge is 0.172 e. The lowest BCUT2D eigenvalue weighted by Crippen LogP contribution is -2.31. The standard InChI is InChI=1S/C15H16O3/c1-10-9-13(17)14(15(10)18)12(16)8-7-11-5-3-2-4-6-11/h2-6,9,12,14,16H,7-8H2,1H3. The van der Waals surface area contributed by atoms with Crippen molar-refractivity contribution in [1.29, 1.82) is 0 Å². The number of hydrogen-bond acceptors (Lipinski definition) is 3. The average Bonchev–Trinajstić information content (AvgIpc) is 2.62. The Morgan fingerprint density at radius 1 is 1.22 bits per heavy atom. The molecule has 2 rings (SSSR count). The second kappa shape index (κ2) is 5.27. The molecule has 1 aromatic carbocycles. The summed E-state index contributed by atoms with van der Waals surface area (Å²) in [5, 5.41) is 9.99. The number of aryl methyl sites for hydroxylation is 1. The third-order valence-corrected chi connectivity index (χ3v) is 3.29. The molecular weight excluding hydrogens is 228 g/mol. The summed E-state index contributed by atoms with van der Waals surface area (Å²) in [4.78, 5) is 23.3. The number of benzene rings is 1. The fourth-order valence-corrected chi connectivity index (χ4v) is 2.24. The van der Waals surface area contributed by atoms with Gasteiger partial charge in [-0.2, -0.15) is 0 Å². The highest BCUT2D eigenvalue weighted by Gasteiger charge is 2.37. The second-order valence-electron chi connectivity index (χ2n) is 4.66. The van der Waals surface area contributed by atoms with Crippen molar-refractivity contribution in [3.05, 3.63) is 47.5 Å². The Hall–Kier alpha value is -1.74. The Bertz CT molecular complexity index is 488. The Morgan fingerprint density at radius 3 is 2.44 bits per heavy atom. The topological polar surface area (TPSA) is 54.4 Å². The largest absolute Gasteiger partial charge is 0.392 e. The van der Waals surface area contributed by atoms with Crippen molar-refractivity contribution in [3.63, 3.8) is 0 Å². The first-order valence-electron chi connectivity index (χ1n) is 6.08. The zero-order valence-electron chi connectivity index (χ0n) is 10.3. The van der Waals surface area contributed by atoms with Crippen molar-refractivity contribution in [1.82, 2.24) is 0 Å². The number of rotatable bonds is 4. The normalized spacial score (nSPS) is 21.0. The van der Waals surface area contributed by atoms with Crippen molar-refractivity contribution in [2.24, 2.45) is 5.92 Å². The van der Waals surface area contributed by atoms with Crippen LogP contribution in [0.4, 0.5) is 0 Å². The van der Waals surface area contributed by atoms with E-state index in [-0.39, 0.29) is 11.6 Å². The minimum atomic E-state index is -0.890. The predicted octanol–water partition coefficient (Wildman–Crippen LogP) is 1.69. The maximum Gasteiger partial charge on any atom is 0.172 e. The van der Waals surface area contributed by atoms with E-state index in [0.29, 0.717) is 18.4 Å². The van der Waals surface area contributed by atoms with E-state index in [0.717, 1.165) is 5.56 Å². The van der Waals surface area contributed by atoms with Crippen LogP contribution in [0.5, 0.6) is 0 Å². The van der Waals surface area contributed by atoms with Gasteiger partial charge in [0.15, 0.2) is 11.6 Å². The lowest BCUT2D eigenvalue weighted by Gasteiger charge is -2.15. The van der Waals surface area contributed by atoms with Gasteiger partial charge in [-0.25, -0.2) is 0 Å². The van der Waals surface area contributed by atoms with Crippen LogP contribution in [-0.4, -0.2) is 22.8 Å². The van der Waals surface area contributed by atoms with Gasteiger partial charge in [-0.1, -0.05) is 30.3 Å². The first-order chi connectivity index (χ1) is 8.59. The summed E-state index contributed by atoms with van der Waals surface area (Å²) in [6.45, 7) is 1.62. The van der Waals surface area contributed by atoms with Crippen LogP contribution in [0, 0.1) is 5.92 Å². The molecular formula is C15H16O3. The minimum Gasteiger partial charge on any atom is -0.392 e. The maximum atomic E-state index is 11.7. The van der Waals surface area contributed by atoms with E-state index in [2.05, 4.69) is 0 Å². The summed E-state index contributed by atoms with van der Waals surface area (Å²) in [6.07, 6.45) is 1.53. The van der Waals surface area contributed by atoms with Crippen molar-refractivity contribution in [2.45, 2.75) is 25.9 Å². The molecule has 3 nitrogen and oxygen atoms in total. The number of hydrogen-bond donors (Lipinski definition) is 1. The third-order valence-electron chi connectivity index (χ3n) is 3.29. The Morgan fingerprint density at radius 2 is 1.89 bits per heavy atom. The van der Waals surface area contributed by atoms with Crippen molar-refractivity contribution >= 4 is 11.6 Å². The van der Waals surface area contributed by atoms with Crippen LogP contribution in [0.15, 0.2) is 42.0 Å². The van der Waals surface area contributed by atoms with Gasteiger partial charge >= 0.3 is 0 Å². The Labute approximate surface area is 106 Å². The fourth-order valence-electron chi connectivity index (χ4n) is 2.24. The Kier molecular flexibility index (Phi) is 3.72. The second-order valence-corrected chi connectivity index (χ2v) is 4.66. The van der Waals surface area contributed by atoms with Gasteiger partial charge in [-0.3, -0.25) is 9.59 Å². The quantitative estimate of drug-likeness (QED) is 0.820. The van der Waals surface area contributed by atoms with Gasteiger partial charge in [0.1, 0.15) is 5.92 Å². The van der Waals surface area contributed by atoms with Gasteiger partial charge < -0.3 is 5.11 Å². The molecule has 0 amide bonds. The maximum absolute atomic E-state index is 11.7. The summed E-state index contributed by atoms with van der Waals surface area (Å²) in [5.41, 5.74) is 1.54. The molecule has 0 saturated carbocycles.